The molecule has 6 unspecified atom stereocenters. The van der Waals surface area contributed by atoms with E-state index in [0.717, 1.165) is 37.7 Å². The van der Waals surface area contributed by atoms with Crippen LogP contribution in [0.3, 0.4) is 0 Å². The minimum Gasteiger partial charge on any atom is -0.421 e. The third-order valence-corrected chi connectivity index (χ3v) is 7.89. The van der Waals surface area contributed by atoms with Gasteiger partial charge in [-0.1, -0.05) is 52.9 Å². The van der Waals surface area contributed by atoms with Crippen molar-refractivity contribution in [2.24, 2.45) is 5.92 Å². The SMILES string of the molecule is CCCCC(CC(CC)OCC1CO1)[SiH2]OC(C)CC(CCC)CC1CO1. The Kier molecular flexibility index (Phi) is 11.5. The Bertz CT molecular complexity index is 373. The van der Waals surface area contributed by atoms with Crippen LogP contribution in [0.4, 0.5) is 0 Å². The van der Waals surface area contributed by atoms with Crippen molar-refractivity contribution in [3.05, 3.63) is 0 Å². The second kappa shape index (κ2) is 13.3. The summed E-state index contributed by atoms with van der Waals surface area (Å²) in [5, 5.41) is 0. The van der Waals surface area contributed by atoms with Crippen LogP contribution in [-0.4, -0.2) is 54.0 Å². The lowest BCUT2D eigenvalue weighted by molar-refractivity contribution is 0.0323. The molecule has 5 heteroatoms. The molecule has 2 heterocycles. The Hall–Kier alpha value is 0.0569. The van der Waals surface area contributed by atoms with E-state index in [4.69, 9.17) is 18.6 Å². The monoisotopic (exact) mass is 400 g/mol. The van der Waals surface area contributed by atoms with Crippen molar-refractivity contribution in [3.8, 4) is 0 Å². The highest BCUT2D eigenvalue weighted by Gasteiger charge is 2.28. The number of rotatable bonds is 18. The third kappa shape index (κ3) is 11.0. The topological polar surface area (TPSA) is 43.5 Å². The van der Waals surface area contributed by atoms with Gasteiger partial charge in [0.1, 0.15) is 6.10 Å². The highest BCUT2D eigenvalue weighted by atomic mass is 28.2. The van der Waals surface area contributed by atoms with Gasteiger partial charge in [0, 0.05) is 6.10 Å². The molecule has 0 saturated carbocycles. The maximum Gasteiger partial charge on any atom is 0.165 e. The molecule has 4 nitrogen and oxygen atoms in total. The molecule has 0 N–H and O–H groups in total. The highest BCUT2D eigenvalue weighted by Crippen LogP contribution is 2.28. The predicted octanol–water partition coefficient (Wildman–Crippen LogP) is 4.63. The smallest absolute Gasteiger partial charge is 0.165 e. The van der Waals surface area contributed by atoms with E-state index < -0.39 is 9.76 Å². The third-order valence-electron chi connectivity index (χ3n) is 5.91. The second-order valence-corrected chi connectivity index (χ2v) is 10.6. The second-order valence-electron chi connectivity index (χ2n) is 8.79. The number of hydrogen-bond donors (Lipinski definition) is 0. The van der Waals surface area contributed by atoms with Gasteiger partial charge in [0.15, 0.2) is 9.76 Å². The van der Waals surface area contributed by atoms with Crippen LogP contribution in [0.1, 0.15) is 85.5 Å². The minimum atomic E-state index is -0.526. The number of ether oxygens (including phenoxy) is 3. The number of unbranched alkanes of at least 4 members (excludes halogenated alkanes) is 1. The molecule has 2 fully saturated rings. The molecule has 2 saturated heterocycles. The molecule has 0 spiro atoms. The van der Waals surface area contributed by atoms with Gasteiger partial charge >= 0.3 is 0 Å². The van der Waals surface area contributed by atoms with Gasteiger partial charge < -0.3 is 18.6 Å². The zero-order valence-corrected chi connectivity index (χ0v) is 19.7. The van der Waals surface area contributed by atoms with Crippen molar-refractivity contribution in [3.63, 3.8) is 0 Å². The lowest BCUT2D eigenvalue weighted by Crippen LogP contribution is -2.24. The van der Waals surface area contributed by atoms with Crippen molar-refractivity contribution >= 4 is 9.76 Å². The maximum absolute atomic E-state index is 6.48. The van der Waals surface area contributed by atoms with E-state index in [-0.39, 0.29) is 0 Å². The summed E-state index contributed by atoms with van der Waals surface area (Å²) >= 11 is 0. The Balaban J connectivity index is 1.71. The Morgan fingerprint density at radius 1 is 1.00 bits per heavy atom. The molecule has 2 rings (SSSR count). The summed E-state index contributed by atoms with van der Waals surface area (Å²) in [7, 11) is -0.526. The fourth-order valence-electron chi connectivity index (χ4n) is 4.05. The van der Waals surface area contributed by atoms with Crippen molar-refractivity contribution in [1.82, 2.24) is 0 Å². The number of epoxide rings is 2. The van der Waals surface area contributed by atoms with Crippen LogP contribution in [0, 0.1) is 5.92 Å². The summed E-state index contributed by atoms with van der Waals surface area (Å²) in [6.45, 7) is 11.8. The Morgan fingerprint density at radius 2 is 1.74 bits per heavy atom. The molecular formula is C22H44O4Si. The zero-order valence-electron chi connectivity index (χ0n) is 18.3. The Labute approximate surface area is 170 Å². The summed E-state index contributed by atoms with van der Waals surface area (Å²) in [6, 6.07) is 0. The van der Waals surface area contributed by atoms with Gasteiger partial charge in [-0.15, -0.1) is 0 Å². The van der Waals surface area contributed by atoms with Crippen molar-refractivity contribution in [1.29, 1.82) is 0 Å². The largest absolute Gasteiger partial charge is 0.421 e. The molecule has 0 aromatic rings. The summed E-state index contributed by atoms with van der Waals surface area (Å²) in [5.41, 5.74) is 0.744. The van der Waals surface area contributed by atoms with Gasteiger partial charge in [-0.05, 0) is 44.1 Å². The highest BCUT2D eigenvalue weighted by molar-refractivity contribution is 6.29. The van der Waals surface area contributed by atoms with E-state index in [1.807, 2.05) is 0 Å². The minimum absolute atomic E-state index is 0.368. The molecule has 0 aromatic heterocycles. The molecule has 2 aliphatic rings. The van der Waals surface area contributed by atoms with Crippen LogP contribution in [0.15, 0.2) is 0 Å². The maximum atomic E-state index is 6.48. The first-order valence-electron chi connectivity index (χ1n) is 11.6. The Morgan fingerprint density at radius 3 is 2.33 bits per heavy atom. The van der Waals surface area contributed by atoms with E-state index in [2.05, 4.69) is 27.7 Å². The van der Waals surface area contributed by atoms with Crippen LogP contribution in [0.2, 0.25) is 5.54 Å². The van der Waals surface area contributed by atoms with Gasteiger partial charge in [-0.25, -0.2) is 0 Å². The summed E-state index contributed by atoms with van der Waals surface area (Å²) in [6.07, 6.45) is 12.9. The quantitative estimate of drug-likeness (QED) is 0.248. The van der Waals surface area contributed by atoms with Gasteiger partial charge in [-0.2, -0.15) is 0 Å². The molecule has 0 aromatic carbocycles. The molecule has 0 amide bonds. The van der Waals surface area contributed by atoms with Gasteiger partial charge in [0.05, 0.1) is 32.0 Å². The number of hydrogen-bond acceptors (Lipinski definition) is 4. The normalized spacial score (nSPS) is 26.2. The molecule has 27 heavy (non-hydrogen) atoms. The van der Waals surface area contributed by atoms with Crippen LogP contribution < -0.4 is 0 Å². The first-order valence-corrected chi connectivity index (χ1v) is 13.0. The standard InChI is InChI=1S/C22H44O4Si/c1-5-8-10-22(13-19(7-3)23-15-21-16-25-21)27-26-17(4)11-18(9-6-2)12-20-14-24-20/h17-22H,5-16,27H2,1-4H3. The van der Waals surface area contributed by atoms with Gasteiger partial charge in [0.2, 0.25) is 0 Å². The van der Waals surface area contributed by atoms with E-state index in [9.17, 15) is 0 Å². The fourth-order valence-corrected chi connectivity index (χ4v) is 5.75. The van der Waals surface area contributed by atoms with Crippen LogP contribution in [0.5, 0.6) is 0 Å². The fraction of sp³-hybridized carbons (Fsp3) is 1.00. The molecular weight excluding hydrogens is 356 g/mol. The van der Waals surface area contributed by atoms with Crippen molar-refractivity contribution in [2.75, 3.05) is 19.8 Å². The average molecular weight is 401 g/mol. The summed E-state index contributed by atoms with van der Waals surface area (Å²) in [5.74, 6) is 0.769. The van der Waals surface area contributed by atoms with Gasteiger partial charge in [-0.3, -0.25) is 0 Å². The van der Waals surface area contributed by atoms with E-state index in [1.165, 1.54) is 51.4 Å². The van der Waals surface area contributed by atoms with E-state index >= 15 is 0 Å². The van der Waals surface area contributed by atoms with Crippen LogP contribution >= 0.6 is 0 Å². The molecule has 0 bridgehead atoms. The predicted molar refractivity (Wildman–Crippen MR) is 114 cm³/mol. The van der Waals surface area contributed by atoms with Gasteiger partial charge in [0.25, 0.3) is 0 Å². The van der Waals surface area contributed by atoms with Crippen molar-refractivity contribution < 1.29 is 18.6 Å². The summed E-state index contributed by atoms with van der Waals surface area (Å²) < 4.78 is 23.3. The zero-order chi connectivity index (χ0) is 19.5. The molecule has 0 radical (unpaired) electrons. The van der Waals surface area contributed by atoms with E-state index in [1.54, 1.807) is 0 Å². The average Bonchev–Trinajstić information content (AvgIpc) is 3.56. The van der Waals surface area contributed by atoms with E-state index in [0.29, 0.717) is 24.4 Å². The summed E-state index contributed by atoms with van der Waals surface area (Å²) in [4.78, 5) is 0. The first-order chi connectivity index (χ1) is 13.1. The molecule has 160 valence electrons. The molecule has 6 atom stereocenters. The molecule has 0 aliphatic carbocycles. The molecule has 2 aliphatic heterocycles. The van der Waals surface area contributed by atoms with Crippen LogP contribution in [0.25, 0.3) is 0 Å². The lowest BCUT2D eigenvalue weighted by Gasteiger charge is -2.26. The first kappa shape index (κ1) is 23.3. The lowest BCUT2D eigenvalue weighted by atomic mass is 9.92. The van der Waals surface area contributed by atoms with Crippen LogP contribution in [-0.2, 0) is 18.6 Å². The van der Waals surface area contributed by atoms with Crippen molar-refractivity contribution in [2.45, 2.75) is 115 Å².